The number of aromatic nitrogens is 1. The summed E-state index contributed by atoms with van der Waals surface area (Å²) in [5.41, 5.74) is 4.07. The first-order valence-electron chi connectivity index (χ1n) is 5.80. The van der Waals surface area contributed by atoms with Gasteiger partial charge in [-0.1, -0.05) is 18.2 Å². The van der Waals surface area contributed by atoms with Crippen molar-refractivity contribution < 1.29 is 18.3 Å². The van der Waals surface area contributed by atoms with E-state index in [1.54, 1.807) is 30.3 Å². The van der Waals surface area contributed by atoms with E-state index in [0.717, 1.165) is 6.07 Å². The summed E-state index contributed by atoms with van der Waals surface area (Å²) >= 11 is 0. The topological polar surface area (TPSA) is 65.2 Å². The molecule has 6 heteroatoms. The van der Waals surface area contributed by atoms with E-state index in [9.17, 15) is 13.6 Å². The molecule has 0 saturated carbocycles. The summed E-state index contributed by atoms with van der Waals surface area (Å²) in [6.07, 6.45) is 0. The van der Waals surface area contributed by atoms with Crippen LogP contribution in [-0.2, 0) is 5.92 Å². The van der Waals surface area contributed by atoms with Crippen LogP contribution in [0, 0.1) is 0 Å². The van der Waals surface area contributed by atoms with Gasteiger partial charge < -0.3 is 10.5 Å². The second kappa shape index (κ2) is 5.24. The van der Waals surface area contributed by atoms with Gasteiger partial charge in [-0.15, -0.1) is 0 Å². The molecule has 2 rings (SSSR count). The number of para-hydroxylation sites is 1. The Morgan fingerprint density at radius 1 is 1.20 bits per heavy atom. The van der Waals surface area contributed by atoms with E-state index >= 15 is 0 Å². The zero-order valence-electron chi connectivity index (χ0n) is 10.6. The van der Waals surface area contributed by atoms with Crippen LogP contribution in [0.2, 0.25) is 0 Å². The van der Waals surface area contributed by atoms with E-state index < -0.39 is 23.1 Å². The Hall–Kier alpha value is -2.50. The van der Waals surface area contributed by atoms with Crippen molar-refractivity contribution in [3.63, 3.8) is 0 Å². The number of carbonyl (C=O) groups excluding carboxylic acids is 1. The number of nitrogens with zero attached hydrogens (tertiary/aromatic N) is 1. The lowest BCUT2D eigenvalue weighted by molar-refractivity contribution is 0.0159. The average Bonchev–Trinajstić information content (AvgIpc) is 2.38. The number of carbonyl (C=O) groups is 1. The minimum absolute atomic E-state index is 0.0259. The molecule has 0 spiro atoms. The fourth-order valence-corrected chi connectivity index (χ4v) is 1.65. The molecule has 0 aliphatic rings. The van der Waals surface area contributed by atoms with Crippen molar-refractivity contribution in [1.82, 2.24) is 4.98 Å². The number of amides is 1. The molecule has 0 saturated heterocycles. The van der Waals surface area contributed by atoms with Gasteiger partial charge in [0.25, 0.3) is 11.8 Å². The molecule has 2 N–H and O–H groups in total. The van der Waals surface area contributed by atoms with Gasteiger partial charge in [0.2, 0.25) is 5.88 Å². The normalized spacial score (nSPS) is 11.2. The third-order valence-corrected chi connectivity index (χ3v) is 2.54. The highest BCUT2D eigenvalue weighted by molar-refractivity contribution is 5.92. The molecule has 0 radical (unpaired) electrons. The summed E-state index contributed by atoms with van der Waals surface area (Å²) in [4.78, 5) is 15.0. The minimum Gasteiger partial charge on any atom is -0.439 e. The van der Waals surface area contributed by atoms with Crippen LogP contribution < -0.4 is 10.5 Å². The number of rotatable bonds is 4. The molecule has 1 aromatic heterocycles. The molecule has 2 aromatic rings. The van der Waals surface area contributed by atoms with Gasteiger partial charge in [-0.25, -0.2) is 13.8 Å². The monoisotopic (exact) mass is 278 g/mol. The van der Waals surface area contributed by atoms with Crippen LogP contribution >= 0.6 is 0 Å². The lowest BCUT2D eigenvalue weighted by atomic mass is 10.1. The maximum Gasteiger partial charge on any atom is 0.272 e. The van der Waals surface area contributed by atoms with Crippen LogP contribution in [0.5, 0.6) is 11.6 Å². The molecule has 4 nitrogen and oxygen atoms in total. The third kappa shape index (κ3) is 3.09. The summed E-state index contributed by atoms with van der Waals surface area (Å²) in [5.74, 6) is -3.73. The first kappa shape index (κ1) is 13.9. The number of hydrogen-bond donors (Lipinski definition) is 1. The van der Waals surface area contributed by atoms with Crippen LogP contribution in [0.1, 0.15) is 23.0 Å². The zero-order valence-corrected chi connectivity index (χ0v) is 10.6. The van der Waals surface area contributed by atoms with Crippen molar-refractivity contribution >= 4 is 5.91 Å². The Kier molecular flexibility index (Phi) is 3.65. The van der Waals surface area contributed by atoms with E-state index in [-0.39, 0.29) is 5.88 Å². The molecule has 0 atom stereocenters. The molecule has 0 aliphatic carbocycles. The predicted molar refractivity (Wildman–Crippen MR) is 68.8 cm³/mol. The highest BCUT2D eigenvalue weighted by Gasteiger charge is 2.30. The fraction of sp³-hybridized carbons (Fsp3) is 0.143. The molecule has 0 fully saturated rings. The molecule has 1 amide bonds. The van der Waals surface area contributed by atoms with Crippen molar-refractivity contribution in [2.75, 3.05) is 0 Å². The quantitative estimate of drug-likeness (QED) is 0.934. The number of ether oxygens (including phenoxy) is 1. The molecular weight excluding hydrogens is 266 g/mol. The molecule has 104 valence electrons. The van der Waals surface area contributed by atoms with Crippen LogP contribution in [0.25, 0.3) is 0 Å². The molecule has 1 heterocycles. The van der Waals surface area contributed by atoms with Crippen LogP contribution in [0.4, 0.5) is 8.78 Å². The van der Waals surface area contributed by atoms with Crippen LogP contribution in [0.3, 0.4) is 0 Å². The summed E-state index contributed by atoms with van der Waals surface area (Å²) in [7, 11) is 0. The molecule has 0 unspecified atom stereocenters. The van der Waals surface area contributed by atoms with Crippen molar-refractivity contribution in [1.29, 1.82) is 0 Å². The number of nitrogens with two attached hydrogens (primary N) is 1. The second-order valence-electron chi connectivity index (χ2n) is 4.21. The number of pyridine rings is 1. The maximum atomic E-state index is 13.3. The van der Waals surface area contributed by atoms with Gasteiger partial charge in [-0.2, -0.15) is 0 Å². The SMILES string of the molecule is CC(F)(F)c1ccc(Oc2ccccc2)nc1C(N)=O. The van der Waals surface area contributed by atoms with E-state index in [1.165, 1.54) is 6.07 Å². The standard InChI is InChI=1S/C14H12F2N2O2/c1-14(15,16)10-7-8-11(18-12(10)13(17)19)20-9-5-3-2-4-6-9/h2-8H,1H3,(H2,17,19). The Bertz CT molecular complexity index is 625. The Morgan fingerprint density at radius 2 is 1.85 bits per heavy atom. The van der Waals surface area contributed by atoms with Gasteiger partial charge in [0.05, 0.1) is 5.56 Å². The number of primary amides is 1. The molecule has 0 aliphatic heterocycles. The number of alkyl halides is 2. The fourth-order valence-electron chi connectivity index (χ4n) is 1.65. The summed E-state index contributed by atoms with van der Waals surface area (Å²) in [5, 5.41) is 0. The number of hydrogen-bond acceptors (Lipinski definition) is 3. The van der Waals surface area contributed by atoms with Crippen LogP contribution in [0.15, 0.2) is 42.5 Å². The van der Waals surface area contributed by atoms with Gasteiger partial charge >= 0.3 is 0 Å². The van der Waals surface area contributed by atoms with E-state index in [4.69, 9.17) is 10.5 Å². The molecular formula is C14H12F2N2O2. The van der Waals surface area contributed by atoms with E-state index in [1.807, 2.05) is 0 Å². The lowest BCUT2D eigenvalue weighted by Crippen LogP contribution is -2.21. The third-order valence-electron chi connectivity index (χ3n) is 2.54. The summed E-state index contributed by atoms with van der Waals surface area (Å²) in [6, 6.07) is 11.0. The first-order chi connectivity index (χ1) is 9.38. The molecule has 0 bridgehead atoms. The van der Waals surface area contributed by atoms with Crippen LogP contribution in [-0.4, -0.2) is 10.9 Å². The lowest BCUT2D eigenvalue weighted by Gasteiger charge is -2.14. The Labute approximate surface area is 114 Å². The van der Waals surface area contributed by atoms with Crippen molar-refractivity contribution in [3.8, 4) is 11.6 Å². The minimum atomic E-state index is -3.21. The van der Waals surface area contributed by atoms with E-state index in [2.05, 4.69) is 4.98 Å². The highest BCUT2D eigenvalue weighted by atomic mass is 19.3. The predicted octanol–water partition coefficient (Wildman–Crippen LogP) is 3.08. The largest absolute Gasteiger partial charge is 0.439 e. The molecule has 1 aromatic carbocycles. The molecule has 20 heavy (non-hydrogen) atoms. The second-order valence-corrected chi connectivity index (χ2v) is 4.21. The van der Waals surface area contributed by atoms with Crippen molar-refractivity contribution in [2.24, 2.45) is 5.73 Å². The first-order valence-corrected chi connectivity index (χ1v) is 5.80. The summed E-state index contributed by atoms with van der Waals surface area (Å²) < 4.78 is 32.1. The smallest absolute Gasteiger partial charge is 0.272 e. The van der Waals surface area contributed by atoms with Gasteiger partial charge in [-0.3, -0.25) is 4.79 Å². The van der Waals surface area contributed by atoms with E-state index in [0.29, 0.717) is 12.7 Å². The summed E-state index contributed by atoms with van der Waals surface area (Å²) in [6.45, 7) is 0.675. The van der Waals surface area contributed by atoms with Gasteiger partial charge in [-0.05, 0) is 18.2 Å². The highest BCUT2D eigenvalue weighted by Crippen LogP contribution is 2.31. The number of benzene rings is 1. The Morgan fingerprint density at radius 3 is 2.40 bits per heavy atom. The maximum absolute atomic E-state index is 13.3. The van der Waals surface area contributed by atoms with Gasteiger partial charge in [0.1, 0.15) is 11.4 Å². The van der Waals surface area contributed by atoms with Crippen molar-refractivity contribution in [2.45, 2.75) is 12.8 Å². The Balaban J connectivity index is 2.38. The van der Waals surface area contributed by atoms with Gasteiger partial charge in [0, 0.05) is 13.0 Å². The van der Waals surface area contributed by atoms with Gasteiger partial charge in [0.15, 0.2) is 0 Å². The van der Waals surface area contributed by atoms with Crippen molar-refractivity contribution in [3.05, 3.63) is 53.7 Å². The number of halogens is 2. The zero-order chi connectivity index (χ0) is 14.8. The average molecular weight is 278 g/mol.